The number of hydrogen-bond acceptors (Lipinski definition) is 5. The summed E-state index contributed by atoms with van der Waals surface area (Å²) in [4.78, 5) is 14.9. The summed E-state index contributed by atoms with van der Waals surface area (Å²) >= 11 is 5.94. The van der Waals surface area contributed by atoms with E-state index in [1.54, 1.807) is 12.1 Å². The molecule has 1 heterocycles. The van der Waals surface area contributed by atoms with Crippen molar-refractivity contribution in [2.45, 2.75) is 6.10 Å². The summed E-state index contributed by atoms with van der Waals surface area (Å²) in [5.41, 5.74) is 6.60. The zero-order valence-corrected chi connectivity index (χ0v) is 13.2. The summed E-state index contributed by atoms with van der Waals surface area (Å²) in [5, 5.41) is 9.81. The SMILES string of the molecule is CN(CC(N)=O)C[C@@H]1CN(c2ccc(Cl)cc2C#N)CCO1. The molecule has 1 aromatic rings. The Kier molecular flexibility index (Phi) is 5.61. The van der Waals surface area contributed by atoms with Gasteiger partial charge in [-0.25, -0.2) is 0 Å². The number of halogens is 1. The van der Waals surface area contributed by atoms with Gasteiger partial charge in [-0.05, 0) is 25.2 Å². The molecule has 1 fully saturated rings. The Morgan fingerprint density at radius 2 is 2.41 bits per heavy atom. The summed E-state index contributed by atoms with van der Waals surface area (Å²) in [6, 6.07) is 7.48. The van der Waals surface area contributed by atoms with Crippen LogP contribution in [0.3, 0.4) is 0 Å². The molecule has 6 nitrogen and oxygen atoms in total. The molecule has 1 atom stereocenters. The van der Waals surface area contributed by atoms with Crippen LogP contribution in [0.5, 0.6) is 0 Å². The first-order chi connectivity index (χ1) is 10.5. The fraction of sp³-hybridized carbons (Fsp3) is 0.467. The van der Waals surface area contributed by atoms with Crippen molar-refractivity contribution in [3.05, 3.63) is 28.8 Å². The van der Waals surface area contributed by atoms with Crippen molar-refractivity contribution in [3.63, 3.8) is 0 Å². The Bertz CT molecular complexity index is 587. The molecule has 22 heavy (non-hydrogen) atoms. The van der Waals surface area contributed by atoms with Crippen LogP contribution < -0.4 is 10.6 Å². The molecule has 1 aliphatic heterocycles. The Balaban J connectivity index is 2.05. The predicted octanol–water partition coefficient (Wildman–Crippen LogP) is 0.834. The summed E-state index contributed by atoms with van der Waals surface area (Å²) in [6.07, 6.45) is -0.0414. The number of likely N-dealkylation sites (N-methyl/N-ethyl adjacent to an activating group) is 1. The molecular formula is C15H19ClN4O2. The highest BCUT2D eigenvalue weighted by molar-refractivity contribution is 6.30. The van der Waals surface area contributed by atoms with Crippen molar-refractivity contribution in [2.24, 2.45) is 5.73 Å². The van der Waals surface area contributed by atoms with E-state index in [4.69, 9.17) is 22.1 Å². The van der Waals surface area contributed by atoms with E-state index in [1.165, 1.54) is 0 Å². The van der Waals surface area contributed by atoms with Crippen molar-refractivity contribution >= 4 is 23.2 Å². The van der Waals surface area contributed by atoms with Crippen molar-refractivity contribution in [1.29, 1.82) is 5.26 Å². The molecule has 2 N–H and O–H groups in total. The lowest BCUT2D eigenvalue weighted by Gasteiger charge is -2.36. The molecule has 1 saturated heterocycles. The molecule has 0 unspecified atom stereocenters. The summed E-state index contributed by atoms with van der Waals surface area (Å²) < 4.78 is 5.73. The molecule has 7 heteroatoms. The van der Waals surface area contributed by atoms with Gasteiger partial charge in [-0.15, -0.1) is 0 Å². The van der Waals surface area contributed by atoms with Gasteiger partial charge in [-0.1, -0.05) is 11.6 Å². The summed E-state index contributed by atoms with van der Waals surface area (Å²) in [7, 11) is 1.83. The number of nitrogens with zero attached hydrogens (tertiary/aromatic N) is 3. The number of ether oxygens (including phenoxy) is 1. The molecule has 0 aromatic heterocycles. The van der Waals surface area contributed by atoms with E-state index in [0.29, 0.717) is 36.8 Å². The number of nitriles is 1. The maximum Gasteiger partial charge on any atom is 0.231 e. The molecular weight excluding hydrogens is 304 g/mol. The monoisotopic (exact) mass is 322 g/mol. The van der Waals surface area contributed by atoms with Crippen molar-refractivity contribution in [1.82, 2.24) is 4.90 Å². The van der Waals surface area contributed by atoms with Gasteiger partial charge in [0.25, 0.3) is 0 Å². The standard InChI is InChI=1S/C15H19ClN4O2/c1-19(10-15(18)21)8-13-9-20(4-5-22-13)14-3-2-12(16)6-11(14)7-17/h2-3,6,13H,4-5,8-10H2,1H3,(H2,18,21)/t13-/m1/s1. The number of hydrogen-bond donors (Lipinski definition) is 1. The Morgan fingerprint density at radius 1 is 1.64 bits per heavy atom. The quantitative estimate of drug-likeness (QED) is 0.868. The van der Waals surface area contributed by atoms with E-state index >= 15 is 0 Å². The molecule has 1 amide bonds. The van der Waals surface area contributed by atoms with Gasteiger partial charge in [0, 0.05) is 24.7 Å². The van der Waals surface area contributed by atoms with E-state index in [1.807, 2.05) is 18.0 Å². The lowest BCUT2D eigenvalue weighted by atomic mass is 10.1. The average molecular weight is 323 g/mol. The van der Waals surface area contributed by atoms with Crippen molar-refractivity contribution in [3.8, 4) is 6.07 Å². The zero-order valence-electron chi connectivity index (χ0n) is 12.5. The summed E-state index contributed by atoms with van der Waals surface area (Å²) in [6.45, 7) is 2.74. The number of anilines is 1. The van der Waals surface area contributed by atoms with Crippen LogP contribution in [0.2, 0.25) is 5.02 Å². The van der Waals surface area contributed by atoms with Crippen LogP contribution in [0.1, 0.15) is 5.56 Å². The van der Waals surface area contributed by atoms with Crippen LogP contribution >= 0.6 is 11.6 Å². The Morgan fingerprint density at radius 3 is 3.09 bits per heavy atom. The molecule has 0 saturated carbocycles. The first-order valence-electron chi connectivity index (χ1n) is 7.02. The van der Waals surface area contributed by atoms with E-state index in [0.717, 1.165) is 5.69 Å². The number of benzene rings is 1. The number of carbonyl (C=O) groups excluding carboxylic acids is 1. The van der Waals surface area contributed by atoms with Crippen molar-refractivity contribution < 1.29 is 9.53 Å². The zero-order chi connectivity index (χ0) is 16.1. The van der Waals surface area contributed by atoms with E-state index in [9.17, 15) is 10.1 Å². The minimum Gasteiger partial charge on any atom is -0.373 e. The molecule has 2 rings (SSSR count). The molecule has 1 aliphatic rings. The maximum atomic E-state index is 10.9. The fourth-order valence-electron chi connectivity index (χ4n) is 2.60. The highest BCUT2D eigenvalue weighted by Gasteiger charge is 2.24. The predicted molar refractivity (Wildman–Crippen MR) is 84.8 cm³/mol. The number of nitrogens with two attached hydrogens (primary N) is 1. The molecule has 0 radical (unpaired) electrons. The number of primary amides is 1. The molecule has 118 valence electrons. The van der Waals surface area contributed by atoms with Gasteiger partial charge in [-0.2, -0.15) is 5.26 Å². The lowest BCUT2D eigenvalue weighted by molar-refractivity contribution is -0.119. The van der Waals surface area contributed by atoms with Gasteiger partial charge in [0.05, 0.1) is 30.5 Å². The number of carbonyl (C=O) groups is 1. The minimum atomic E-state index is -0.361. The first kappa shape index (κ1) is 16.6. The van der Waals surface area contributed by atoms with Crippen molar-refractivity contribution in [2.75, 3.05) is 44.7 Å². The normalized spacial score (nSPS) is 18.3. The van der Waals surface area contributed by atoms with Gasteiger partial charge in [0.1, 0.15) is 6.07 Å². The van der Waals surface area contributed by atoms with Gasteiger partial charge in [-0.3, -0.25) is 9.69 Å². The Labute approximate surface area is 135 Å². The first-order valence-corrected chi connectivity index (χ1v) is 7.40. The molecule has 0 aliphatic carbocycles. The average Bonchev–Trinajstić information content (AvgIpc) is 2.46. The third kappa shape index (κ3) is 4.34. The van der Waals surface area contributed by atoms with Gasteiger partial charge < -0.3 is 15.4 Å². The van der Waals surface area contributed by atoms with Gasteiger partial charge in [0.2, 0.25) is 5.91 Å². The maximum absolute atomic E-state index is 10.9. The fourth-order valence-corrected chi connectivity index (χ4v) is 2.77. The smallest absolute Gasteiger partial charge is 0.231 e. The molecule has 0 bridgehead atoms. The van der Waals surface area contributed by atoms with Crippen LogP contribution in [0.4, 0.5) is 5.69 Å². The number of amides is 1. The largest absolute Gasteiger partial charge is 0.373 e. The third-order valence-electron chi connectivity index (χ3n) is 3.50. The highest BCUT2D eigenvalue weighted by Crippen LogP contribution is 2.25. The second kappa shape index (κ2) is 7.45. The lowest BCUT2D eigenvalue weighted by Crippen LogP contribution is -2.48. The number of morpholine rings is 1. The van der Waals surface area contributed by atoms with E-state index < -0.39 is 0 Å². The second-order valence-corrected chi connectivity index (χ2v) is 5.81. The van der Waals surface area contributed by atoms with Crippen LogP contribution in [0.15, 0.2) is 18.2 Å². The van der Waals surface area contributed by atoms with E-state index in [2.05, 4.69) is 11.0 Å². The second-order valence-electron chi connectivity index (χ2n) is 5.38. The minimum absolute atomic E-state index is 0.0414. The van der Waals surface area contributed by atoms with Crippen LogP contribution in [0, 0.1) is 11.3 Å². The Hall–Kier alpha value is -1.81. The van der Waals surface area contributed by atoms with Gasteiger partial charge >= 0.3 is 0 Å². The molecule has 1 aromatic carbocycles. The van der Waals surface area contributed by atoms with Gasteiger partial charge in [0.15, 0.2) is 0 Å². The highest BCUT2D eigenvalue weighted by atomic mass is 35.5. The van der Waals surface area contributed by atoms with E-state index in [-0.39, 0.29) is 18.6 Å². The van der Waals surface area contributed by atoms with Crippen LogP contribution in [0.25, 0.3) is 0 Å². The van der Waals surface area contributed by atoms with Crippen LogP contribution in [-0.2, 0) is 9.53 Å². The third-order valence-corrected chi connectivity index (χ3v) is 3.73. The van der Waals surface area contributed by atoms with Crippen LogP contribution in [-0.4, -0.2) is 56.7 Å². The summed E-state index contributed by atoms with van der Waals surface area (Å²) in [5.74, 6) is -0.361. The topological polar surface area (TPSA) is 82.6 Å². The molecule has 0 spiro atoms. The number of rotatable bonds is 5.